The first-order valence-corrected chi connectivity index (χ1v) is 9.97. The van der Waals surface area contributed by atoms with Crippen molar-refractivity contribution in [1.82, 2.24) is 9.80 Å². The third-order valence-corrected chi connectivity index (χ3v) is 6.55. The topological polar surface area (TPSA) is 66.2 Å². The summed E-state index contributed by atoms with van der Waals surface area (Å²) >= 11 is 0. The van der Waals surface area contributed by atoms with Crippen molar-refractivity contribution in [1.29, 1.82) is 0 Å². The smallest absolute Gasteiger partial charge is 0.289 e. The molecule has 3 fully saturated rings. The summed E-state index contributed by atoms with van der Waals surface area (Å²) in [4.78, 5) is 17.3. The number of hydrogen-bond donors (Lipinski definition) is 1. The van der Waals surface area contributed by atoms with Crippen LogP contribution in [0.4, 0.5) is 0 Å². The van der Waals surface area contributed by atoms with Gasteiger partial charge in [0.2, 0.25) is 0 Å². The van der Waals surface area contributed by atoms with Gasteiger partial charge in [0.1, 0.15) is 5.58 Å². The SMILES string of the molecule is O=C(c1cc2ccccc2o1)N1C[C@H]2C[C@@H](N3CCOCC3)[C@H](O)C[C@H]2C1. The molecule has 6 heteroatoms. The van der Waals surface area contributed by atoms with Crippen LogP contribution in [0.15, 0.2) is 34.7 Å². The summed E-state index contributed by atoms with van der Waals surface area (Å²) in [5.74, 6) is 1.22. The molecule has 2 aromatic rings. The lowest BCUT2D eigenvalue weighted by atomic mass is 9.77. The first-order chi connectivity index (χ1) is 13.2. The Bertz CT molecular complexity index is 795. The number of aliphatic hydroxyl groups is 1. The fourth-order valence-corrected chi connectivity index (χ4v) is 5.12. The van der Waals surface area contributed by atoms with Crippen LogP contribution in [-0.4, -0.2) is 72.4 Å². The van der Waals surface area contributed by atoms with Gasteiger partial charge in [0.15, 0.2) is 5.76 Å². The molecule has 1 aromatic carbocycles. The van der Waals surface area contributed by atoms with E-state index in [1.54, 1.807) is 0 Å². The number of aliphatic hydroxyl groups excluding tert-OH is 1. The number of rotatable bonds is 2. The molecule has 144 valence electrons. The van der Waals surface area contributed by atoms with E-state index in [-0.39, 0.29) is 18.1 Å². The van der Waals surface area contributed by atoms with Gasteiger partial charge in [-0.3, -0.25) is 9.69 Å². The summed E-state index contributed by atoms with van der Waals surface area (Å²) < 4.78 is 11.2. The normalized spacial score (nSPS) is 32.0. The molecular formula is C21H26N2O4. The van der Waals surface area contributed by atoms with Crippen molar-refractivity contribution < 1.29 is 19.1 Å². The number of hydrogen-bond acceptors (Lipinski definition) is 5. The standard InChI is InChI=1S/C21H26N2O4/c24-18-10-16-13-23(12-15(16)9-17(18)22-5-7-26-8-6-22)21(25)20-11-14-3-1-2-4-19(14)27-20/h1-4,11,15-18,24H,5-10,12-13H2/t15-,16+,17-,18-/m1/s1. The lowest BCUT2D eigenvalue weighted by Crippen LogP contribution is -2.53. The molecule has 2 saturated heterocycles. The molecule has 2 aliphatic heterocycles. The number of likely N-dealkylation sites (tertiary alicyclic amines) is 1. The molecule has 1 N–H and O–H groups in total. The highest BCUT2D eigenvalue weighted by atomic mass is 16.5. The van der Waals surface area contributed by atoms with Gasteiger partial charge in [-0.25, -0.2) is 0 Å². The largest absolute Gasteiger partial charge is 0.451 e. The Labute approximate surface area is 158 Å². The van der Waals surface area contributed by atoms with Gasteiger partial charge < -0.3 is 19.2 Å². The molecule has 3 heterocycles. The van der Waals surface area contributed by atoms with Crippen LogP contribution in [0.3, 0.4) is 0 Å². The van der Waals surface area contributed by atoms with Gasteiger partial charge in [-0.05, 0) is 36.8 Å². The Morgan fingerprint density at radius 3 is 2.59 bits per heavy atom. The highest BCUT2D eigenvalue weighted by Crippen LogP contribution is 2.39. The van der Waals surface area contributed by atoms with Crippen LogP contribution < -0.4 is 0 Å². The van der Waals surface area contributed by atoms with Gasteiger partial charge in [0, 0.05) is 37.6 Å². The Hall–Kier alpha value is -1.89. The van der Waals surface area contributed by atoms with Gasteiger partial charge >= 0.3 is 0 Å². The van der Waals surface area contributed by atoms with Crippen molar-refractivity contribution in [3.05, 3.63) is 36.1 Å². The molecule has 0 unspecified atom stereocenters. The molecule has 5 rings (SSSR count). The zero-order valence-electron chi connectivity index (χ0n) is 15.4. The lowest BCUT2D eigenvalue weighted by Gasteiger charge is -2.43. The second kappa shape index (κ2) is 6.93. The number of para-hydroxylation sites is 1. The van der Waals surface area contributed by atoms with Crippen LogP contribution in [0, 0.1) is 11.8 Å². The maximum absolute atomic E-state index is 13.0. The molecule has 0 spiro atoms. The number of carbonyl (C=O) groups is 1. The minimum absolute atomic E-state index is 0.0296. The predicted molar refractivity (Wildman–Crippen MR) is 101 cm³/mol. The zero-order valence-corrected chi connectivity index (χ0v) is 15.4. The third-order valence-electron chi connectivity index (χ3n) is 6.55. The van der Waals surface area contributed by atoms with Crippen LogP contribution in [0.1, 0.15) is 23.4 Å². The molecule has 3 aliphatic rings. The number of ether oxygens (including phenoxy) is 1. The molecule has 1 aliphatic carbocycles. The Kier molecular flexibility index (Phi) is 4.42. The maximum Gasteiger partial charge on any atom is 0.289 e. The molecule has 1 aromatic heterocycles. The molecule has 4 atom stereocenters. The van der Waals surface area contributed by atoms with Crippen molar-refractivity contribution in [2.75, 3.05) is 39.4 Å². The summed E-state index contributed by atoms with van der Waals surface area (Å²) in [7, 11) is 0. The van der Waals surface area contributed by atoms with E-state index < -0.39 is 0 Å². The second-order valence-corrected chi connectivity index (χ2v) is 8.13. The zero-order chi connectivity index (χ0) is 18.4. The van der Waals surface area contributed by atoms with E-state index in [4.69, 9.17) is 9.15 Å². The number of morpholine rings is 1. The first kappa shape index (κ1) is 17.2. The fraction of sp³-hybridized carbons (Fsp3) is 0.571. The lowest BCUT2D eigenvalue weighted by molar-refractivity contribution is -0.0520. The van der Waals surface area contributed by atoms with Gasteiger partial charge in [-0.15, -0.1) is 0 Å². The van der Waals surface area contributed by atoms with Crippen LogP contribution in [0.5, 0.6) is 0 Å². The number of carbonyl (C=O) groups excluding carboxylic acids is 1. The summed E-state index contributed by atoms with van der Waals surface area (Å²) in [5, 5.41) is 11.7. The summed E-state index contributed by atoms with van der Waals surface area (Å²) in [5.41, 5.74) is 0.750. The third kappa shape index (κ3) is 3.16. The molecule has 0 bridgehead atoms. The first-order valence-electron chi connectivity index (χ1n) is 9.97. The Morgan fingerprint density at radius 1 is 1.07 bits per heavy atom. The molecule has 6 nitrogen and oxygen atoms in total. The molecule has 0 radical (unpaired) electrons. The van der Waals surface area contributed by atoms with Gasteiger partial charge in [-0.2, -0.15) is 0 Å². The highest BCUT2D eigenvalue weighted by Gasteiger charge is 2.45. The van der Waals surface area contributed by atoms with E-state index in [9.17, 15) is 9.90 Å². The average Bonchev–Trinajstić information content (AvgIpc) is 3.31. The molecule has 27 heavy (non-hydrogen) atoms. The van der Waals surface area contributed by atoms with Crippen molar-refractivity contribution >= 4 is 16.9 Å². The average molecular weight is 370 g/mol. The van der Waals surface area contributed by atoms with Crippen LogP contribution in [0.2, 0.25) is 0 Å². The van der Waals surface area contributed by atoms with E-state index in [0.717, 1.165) is 56.7 Å². The van der Waals surface area contributed by atoms with Crippen molar-refractivity contribution in [3.63, 3.8) is 0 Å². The number of nitrogens with zero attached hydrogens (tertiary/aromatic N) is 2. The van der Waals surface area contributed by atoms with E-state index in [1.165, 1.54) is 0 Å². The van der Waals surface area contributed by atoms with Crippen molar-refractivity contribution in [3.8, 4) is 0 Å². The fourth-order valence-electron chi connectivity index (χ4n) is 5.12. The van der Waals surface area contributed by atoms with Crippen LogP contribution >= 0.6 is 0 Å². The monoisotopic (exact) mass is 370 g/mol. The van der Waals surface area contributed by atoms with Gasteiger partial charge in [0.25, 0.3) is 5.91 Å². The maximum atomic E-state index is 13.0. The van der Waals surface area contributed by atoms with E-state index in [2.05, 4.69) is 4.90 Å². The highest BCUT2D eigenvalue weighted by molar-refractivity contribution is 5.96. The van der Waals surface area contributed by atoms with E-state index >= 15 is 0 Å². The number of amides is 1. The van der Waals surface area contributed by atoms with Crippen molar-refractivity contribution in [2.24, 2.45) is 11.8 Å². The molecular weight excluding hydrogens is 344 g/mol. The number of benzene rings is 1. The summed E-state index contributed by atoms with van der Waals surface area (Å²) in [6.45, 7) is 4.74. The van der Waals surface area contributed by atoms with E-state index in [0.29, 0.717) is 24.1 Å². The summed E-state index contributed by atoms with van der Waals surface area (Å²) in [6, 6.07) is 9.74. The number of fused-ring (bicyclic) bond motifs is 2. The van der Waals surface area contributed by atoms with E-state index in [1.807, 2.05) is 35.2 Å². The van der Waals surface area contributed by atoms with Crippen molar-refractivity contribution in [2.45, 2.75) is 25.0 Å². The Morgan fingerprint density at radius 2 is 1.81 bits per heavy atom. The minimum atomic E-state index is -0.314. The van der Waals surface area contributed by atoms with Gasteiger partial charge in [0.05, 0.1) is 19.3 Å². The minimum Gasteiger partial charge on any atom is -0.451 e. The summed E-state index contributed by atoms with van der Waals surface area (Å²) in [6.07, 6.45) is 1.41. The molecule has 1 saturated carbocycles. The van der Waals surface area contributed by atoms with Crippen LogP contribution in [0.25, 0.3) is 11.0 Å². The van der Waals surface area contributed by atoms with Crippen LogP contribution in [-0.2, 0) is 4.74 Å². The predicted octanol–water partition coefficient (Wildman–Crippen LogP) is 1.98. The second-order valence-electron chi connectivity index (χ2n) is 8.13. The van der Waals surface area contributed by atoms with Gasteiger partial charge in [-0.1, -0.05) is 18.2 Å². The Balaban J connectivity index is 1.29. The molecule has 1 amide bonds. The quantitative estimate of drug-likeness (QED) is 0.876. The number of furan rings is 1.